The van der Waals surface area contributed by atoms with Gasteiger partial charge in [-0.15, -0.1) is 0 Å². The van der Waals surface area contributed by atoms with Crippen molar-refractivity contribution in [2.45, 2.75) is 83.3 Å². The lowest BCUT2D eigenvalue weighted by Crippen LogP contribution is -2.54. The van der Waals surface area contributed by atoms with Crippen LogP contribution in [0.2, 0.25) is 0 Å². The first-order valence-corrected chi connectivity index (χ1v) is 14.5. The molecule has 2 fully saturated rings. The molecule has 7 heteroatoms. The molecule has 0 aromatic heterocycles. The van der Waals surface area contributed by atoms with Gasteiger partial charge in [0.15, 0.2) is 0 Å². The van der Waals surface area contributed by atoms with Gasteiger partial charge in [0.05, 0.1) is 12.2 Å². The molecule has 1 aliphatic carbocycles. The molecule has 3 atom stereocenters. The van der Waals surface area contributed by atoms with E-state index in [1.165, 1.54) is 12.8 Å². The van der Waals surface area contributed by atoms with Gasteiger partial charge >= 0.3 is 6.03 Å². The van der Waals surface area contributed by atoms with Crippen LogP contribution in [0.3, 0.4) is 0 Å². The number of carbonyl (C=O) groups is 1. The van der Waals surface area contributed by atoms with Crippen molar-refractivity contribution in [3.63, 3.8) is 0 Å². The summed E-state index contributed by atoms with van der Waals surface area (Å²) < 4.78 is 11.5. The van der Waals surface area contributed by atoms with Crippen molar-refractivity contribution in [3.8, 4) is 5.75 Å². The summed E-state index contributed by atoms with van der Waals surface area (Å²) in [6, 6.07) is 8.05. The topological polar surface area (TPSA) is 83.1 Å². The standard InChI is InChI=1S/C30H51N3O4/c1-23(2)20-26(21-31-3)32-29(34)33-17-9-10-25(22-33)30(35,16-7-8-18-36-4)27-11-5-6-12-28(27)37-19-15-24-13-14-24/h5-6,11-12,23-26,31,35H,7-10,13-22H2,1-4H3,(H,32,34)/t25-,26+,30+/m1/s1. The number of rotatable bonds is 16. The largest absolute Gasteiger partial charge is 0.493 e. The molecule has 1 heterocycles. The second kappa shape index (κ2) is 14.9. The van der Waals surface area contributed by atoms with Crippen LogP contribution < -0.4 is 15.4 Å². The van der Waals surface area contributed by atoms with Gasteiger partial charge in [0.2, 0.25) is 0 Å². The molecule has 0 spiro atoms. The number of ether oxygens (including phenoxy) is 2. The number of nitrogens with one attached hydrogen (secondary N) is 2. The van der Waals surface area contributed by atoms with Crippen molar-refractivity contribution in [2.24, 2.45) is 17.8 Å². The van der Waals surface area contributed by atoms with Gasteiger partial charge < -0.3 is 30.1 Å². The molecule has 0 radical (unpaired) electrons. The molecule has 0 unspecified atom stereocenters. The highest BCUT2D eigenvalue weighted by Gasteiger charge is 2.43. The Morgan fingerprint density at radius 2 is 1.97 bits per heavy atom. The van der Waals surface area contributed by atoms with Gasteiger partial charge in [-0.1, -0.05) is 44.9 Å². The van der Waals surface area contributed by atoms with E-state index in [1.54, 1.807) is 7.11 Å². The van der Waals surface area contributed by atoms with E-state index in [2.05, 4.69) is 24.5 Å². The van der Waals surface area contributed by atoms with Crippen LogP contribution in [-0.2, 0) is 10.3 Å². The first-order chi connectivity index (χ1) is 17.9. The summed E-state index contributed by atoms with van der Waals surface area (Å²) in [5.74, 6) is 2.02. The first-order valence-electron chi connectivity index (χ1n) is 14.5. The van der Waals surface area contributed by atoms with E-state index < -0.39 is 5.60 Å². The number of para-hydroxylation sites is 1. The maximum Gasteiger partial charge on any atom is 0.317 e. The Morgan fingerprint density at radius 1 is 1.19 bits per heavy atom. The van der Waals surface area contributed by atoms with E-state index in [9.17, 15) is 9.90 Å². The van der Waals surface area contributed by atoms with Crippen molar-refractivity contribution in [2.75, 3.05) is 47.0 Å². The number of hydrogen-bond donors (Lipinski definition) is 3. The van der Waals surface area contributed by atoms with Crippen LogP contribution in [0, 0.1) is 17.8 Å². The molecular weight excluding hydrogens is 466 g/mol. The minimum atomic E-state index is -1.06. The van der Waals surface area contributed by atoms with Crippen LogP contribution in [0.1, 0.15) is 77.2 Å². The van der Waals surface area contributed by atoms with Crippen molar-refractivity contribution in [1.82, 2.24) is 15.5 Å². The SMILES string of the molecule is CNC[C@H](CC(C)C)NC(=O)N1CCC[C@@H]([C@@](O)(CCCCOC)c2ccccc2OCCC2CC2)C1. The van der Waals surface area contributed by atoms with Crippen molar-refractivity contribution in [1.29, 1.82) is 0 Å². The van der Waals surface area contributed by atoms with Crippen molar-refractivity contribution in [3.05, 3.63) is 29.8 Å². The molecule has 1 aromatic rings. The molecule has 1 aliphatic heterocycles. The number of unbranched alkanes of at least 4 members (excludes halogenated alkanes) is 1. The van der Waals surface area contributed by atoms with E-state index in [4.69, 9.17) is 9.47 Å². The summed E-state index contributed by atoms with van der Waals surface area (Å²) in [6.07, 6.45) is 8.73. The van der Waals surface area contributed by atoms with E-state index in [1.807, 2.05) is 36.2 Å². The monoisotopic (exact) mass is 517 g/mol. The minimum absolute atomic E-state index is 0.0266. The van der Waals surface area contributed by atoms with E-state index in [-0.39, 0.29) is 18.0 Å². The third-order valence-electron chi connectivity index (χ3n) is 7.91. The fourth-order valence-corrected chi connectivity index (χ4v) is 5.72. The van der Waals surface area contributed by atoms with Gasteiger partial charge in [0.1, 0.15) is 5.75 Å². The number of amides is 2. The maximum absolute atomic E-state index is 13.3. The highest BCUT2D eigenvalue weighted by molar-refractivity contribution is 5.74. The lowest BCUT2D eigenvalue weighted by molar-refractivity contribution is -0.0580. The molecule has 2 aliphatic rings. The van der Waals surface area contributed by atoms with Crippen LogP contribution in [0.4, 0.5) is 4.79 Å². The van der Waals surface area contributed by atoms with Gasteiger partial charge in [-0.2, -0.15) is 0 Å². The number of likely N-dealkylation sites (tertiary alicyclic amines) is 1. The number of urea groups is 1. The molecule has 1 saturated heterocycles. The summed E-state index contributed by atoms with van der Waals surface area (Å²) in [7, 11) is 3.64. The molecule has 1 saturated carbocycles. The maximum atomic E-state index is 13.3. The number of piperidine rings is 1. The van der Waals surface area contributed by atoms with Gasteiger partial charge in [0, 0.05) is 50.9 Å². The molecule has 210 valence electrons. The number of aliphatic hydroxyl groups is 1. The van der Waals surface area contributed by atoms with Crippen LogP contribution in [0.5, 0.6) is 5.75 Å². The van der Waals surface area contributed by atoms with Gasteiger partial charge in [0.25, 0.3) is 0 Å². The zero-order chi connectivity index (χ0) is 26.7. The number of carbonyl (C=O) groups excluding carboxylic acids is 1. The average molecular weight is 518 g/mol. The predicted molar refractivity (Wildman–Crippen MR) is 149 cm³/mol. The van der Waals surface area contributed by atoms with Gasteiger partial charge in [-0.05, 0) is 69.9 Å². The van der Waals surface area contributed by atoms with Gasteiger partial charge in [-0.3, -0.25) is 0 Å². The number of hydrogen-bond acceptors (Lipinski definition) is 5. The lowest BCUT2D eigenvalue weighted by atomic mass is 9.73. The summed E-state index contributed by atoms with van der Waals surface area (Å²) in [5.41, 5.74) is -0.200. The van der Waals surface area contributed by atoms with Crippen LogP contribution >= 0.6 is 0 Å². The van der Waals surface area contributed by atoms with E-state index in [0.717, 1.165) is 68.8 Å². The summed E-state index contributed by atoms with van der Waals surface area (Å²) in [6.45, 7) is 7.73. The third-order valence-corrected chi connectivity index (χ3v) is 7.91. The Kier molecular flexibility index (Phi) is 12.0. The molecule has 37 heavy (non-hydrogen) atoms. The average Bonchev–Trinajstić information content (AvgIpc) is 3.71. The van der Waals surface area contributed by atoms with Crippen molar-refractivity contribution < 1.29 is 19.4 Å². The Labute approximate surface area is 224 Å². The zero-order valence-corrected chi connectivity index (χ0v) is 23.6. The lowest BCUT2D eigenvalue weighted by Gasteiger charge is -2.43. The predicted octanol–water partition coefficient (Wildman–Crippen LogP) is 4.93. The molecule has 2 amide bonds. The first kappa shape index (κ1) is 29.7. The fourth-order valence-electron chi connectivity index (χ4n) is 5.72. The van der Waals surface area contributed by atoms with E-state index >= 15 is 0 Å². The van der Waals surface area contributed by atoms with Crippen molar-refractivity contribution >= 4 is 6.03 Å². The fraction of sp³-hybridized carbons (Fsp3) is 0.767. The Hall–Kier alpha value is -1.83. The van der Waals surface area contributed by atoms with Crippen LogP contribution in [-0.4, -0.2) is 69.1 Å². The second-order valence-corrected chi connectivity index (χ2v) is 11.6. The number of benzene rings is 1. The Morgan fingerprint density at radius 3 is 2.68 bits per heavy atom. The summed E-state index contributed by atoms with van der Waals surface area (Å²) in [4.78, 5) is 15.2. The Balaban J connectivity index is 1.76. The highest BCUT2D eigenvalue weighted by Crippen LogP contribution is 2.43. The van der Waals surface area contributed by atoms with Crippen LogP contribution in [0.15, 0.2) is 24.3 Å². The quantitative estimate of drug-likeness (QED) is 0.271. The third kappa shape index (κ3) is 9.15. The summed E-state index contributed by atoms with van der Waals surface area (Å²) in [5, 5.41) is 18.9. The summed E-state index contributed by atoms with van der Waals surface area (Å²) >= 11 is 0. The van der Waals surface area contributed by atoms with Gasteiger partial charge in [-0.25, -0.2) is 4.79 Å². The zero-order valence-electron chi connectivity index (χ0n) is 23.6. The molecule has 3 rings (SSSR count). The molecule has 0 bridgehead atoms. The normalized spacial score (nSPS) is 20.5. The molecular formula is C30H51N3O4. The number of nitrogens with zero attached hydrogens (tertiary/aromatic N) is 1. The molecule has 3 N–H and O–H groups in total. The minimum Gasteiger partial charge on any atom is -0.493 e. The Bertz CT molecular complexity index is 816. The van der Waals surface area contributed by atoms with E-state index in [0.29, 0.717) is 32.1 Å². The molecule has 1 aromatic carbocycles. The van der Waals surface area contributed by atoms with Crippen LogP contribution in [0.25, 0.3) is 0 Å². The number of methoxy groups -OCH3 is 1. The highest BCUT2D eigenvalue weighted by atomic mass is 16.5. The number of likely N-dealkylation sites (N-methyl/N-ethyl adjacent to an activating group) is 1. The molecule has 7 nitrogen and oxygen atoms in total. The smallest absolute Gasteiger partial charge is 0.317 e. The second-order valence-electron chi connectivity index (χ2n) is 11.6.